The van der Waals surface area contributed by atoms with Gasteiger partial charge in [0, 0.05) is 11.1 Å². The van der Waals surface area contributed by atoms with Crippen molar-refractivity contribution in [2.75, 3.05) is 0 Å². The summed E-state index contributed by atoms with van der Waals surface area (Å²) in [5, 5.41) is 12.3. The smallest absolute Gasteiger partial charge is 0.279 e. The molecule has 0 aliphatic carbocycles. The van der Waals surface area contributed by atoms with Gasteiger partial charge in [-0.2, -0.15) is 9.78 Å². The molecule has 0 saturated heterocycles. The molecule has 0 bridgehead atoms. The number of hydrogen-bond acceptors (Lipinski definition) is 3. The Bertz CT molecular complexity index is 840. The van der Waals surface area contributed by atoms with Crippen molar-refractivity contribution >= 4 is 28.2 Å². The minimum atomic E-state index is -0.269. The molecule has 0 saturated carbocycles. The number of fused-ring (bicyclic) bond motifs is 2. The van der Waals surface area contributed by atoms with Gasteiger partial charge in [0.15, 0.2) is 5.65 Å². The van der Waals surface area contributed by atoms with Crippen LogP contribution < -0.4 is 5.56 Å². The lowest BCUT2D eigenvalue weighted by Crippen LogP contribution is -2.15. The maximum atomic E-state index is 12.1. The molecule has 2 heterocycles. The average Bonchev–Trinajstić information content (AvgIpc) is 2.74. The van der Waals surface area contributed by atoms with Crippen LogP contribution in [0.25, 0.3) is 16.6 Å². The number of nitrogens with one attached hydrogen (secondary N) is 1. The number of nitriles is 1. The van der Waals surface area contributed by atoms with Gasteiger partial charge < -0.3 is 0 Å². The summed E-state index contributed by atoms with van der Waals surface area (Å²) in [5.74, 6) is 0. The molecule has 0 aliphatic heterocycles. The molecular weight excluding hydrogens is 240 g/mol. The van der Waals surface area contributed by atoms with E-state index in [2.05, 4.69) is 10.1 Å². The van der Waals surface area contributed by atoms with E-state index in [0.29, 0.717) is 21.6 Å². The summed E-state index contributed by atoms with van der Waals surface area (Å²) in [4.78, 5) is 16.4. The molecule has 3 aromatic rings. The SMILES string of the molecule is N#Cc1cc2nc3ccc(Cl)cc3c(=O)n2[nH]1. The third-order valence-electron chi connectivity index (χ3n) is 2.48. The van der Waals surface area contributed by atoms with E-state index in [1.165, 1.54) is 10.6 Å². The molecule has 0 amide bonds. The van der Waals surface area contributed by atoms with Crippen molar-refractivity contribution in [2.24, 2.45) is 0 Å². The topological polar surface area (TPSA) is 73.9 Å². The molecule has 2 aromatic heterocycles. The van der Waals surface area contributed by atoms with E-state index in [0.717, 1.165) is 0 Å². The molecule has 1 aromatic carbocycles. The van der Waals surface area contributed by atoms with E-state index in [9.17, 15) is 4.79 Å². The first-order chi connectivity index (χ1) is 8.19. The van der Waals surface area contributed by atoms with Crippen molar-refractivity contribution in [3.8, 4) is 6.07 Å². The van der Waals surface area contributed by atoms with Crippen LogP contribution in [0, 0.1) is 11.3 Å². The van der Waals surface area contributed by atoms with E-state index in [-0.39, 0.29) is 11.3 Å². The molecule has 3 rings (SSSR count). The number of halogens is 1. The highest BCUT2D eigenvalue weighted by atomic mass is 35.5. The fourth-order valence-corrected chi connectivity index (χ4v) is 1.89. The van der Waals surface area contributed by atoms with Gasteiger partial charge in [-0.05, 0) is 18.2 Å². The second kappa shape index (κ2) is 3.34. The molecule has 0 spiro atoms. The normalized spacial score (nSPS) is 10.8. The van der Waals surface area contributed by atoms with Gasteiger partial charge in [-0.15, -0.1) is 0 Å². The fraction of sp³-hybridized carbons (Fsp3) is 0. The van der Waals surface area contributed by atoms with E-state index in [4.69, 9.17) is 16.9 Å². The monoisotopic (exact) mass is 244 g/mol. The predicted molar refractivity (Wildman–Crippen MR) is 63.0 cm³/mol. The van der Waals surface area contributed by atoms with Crippen LogP contribution in [0.15, 0.2) is 29.1 Å². The van der Waals surface area contributed by atoms with Gasteiger partial charge in [0.05, 0.1) is 10.9 Å². The number of aromatic nitrogens is 3. The lowest BCUT2D eigenvalue weighted by molar-refractivity contribution is 0.907. The Labute approximate surface area is 99.9 Å². The lowest BCUT2D eigenvalue weighted by Gasteiger charge is -1.98. The van der Waals surface area contributed by atoms with Gasteiger partial charge >= 0.3 is 0 Å². The van der Waals surface area contributed by atoms with E-state index in [1.54, 1.807) is 18.2 Å². The maximum Gasteiger partial charge on any atom is 0.280 e. The van der Waals surface area contributed by atoms with Crippen LogP contribution in [0.5, 0.6) is 0 Å². The van der Waals surface area contributed by atoms with E-state index < -0.39 is 0 Å². The molecule has 17 heavy (non-hydrogen) atoms. The highest BCUT2D eigenvalue weighted by Gasteiger charge is 2.08. The van der Waals surface area contributed by atoms with Crippen molar-refractivity contribution in [1.82, 2.24) is 14.6 Å². The predicted octanol–water partition coefficient (Wildman–Crippen LogP) is 1.70. The molecule has 6 heteroatoms. The minimum Gasteiger partial charge on any atom is -0.279 e. The van der Waals surface area contributed by atoms with E-state index >= 15 is 0 Å². The first-order valence-corrected chi connectivity index (χ1v) is 5.18. The summed E-state index contributed by atoms with van der Waals surface area (Å²) in [5.41, 5.74) is 0.995. The van der Waals surface area contributed by atoms with Crippen molar-refractivity contribution in [1.29, 1.82) is 5.26 Å². The molecule has 0 unspecified atom stereocenters. The van der Waals surface area contributed by atoms with Crippen molar-refractivity contribution in [3.05, 3.63) is 45.3 Å². The maximum absolute atomic E-state index is 12.1. The number of H-pyrrole nitrogens is 1. The number of hydrogen-bond donors (Lipinski definition) is 1. The second-order valence-electron chi connectivity index (χ2n) is 3.55. The molecule has 1 N–H and O–H groups in total. The van der Waals surface area contributed by atoms with Crippen LogP contribution >= 0.6 is 11.6 Å². The van der Waals surface area contributed by atoms with Crippen molar-refractivity contribution in [2.45, 2.75) is 0 Å². The average molecular weight is 245 g/mol. The Balaban J connectivity index is 2.56. The number of rotatable bonds is 0. The summed E-state index contributed by atoms with van der Waals surface area (Å²) in [6.45, 7) is 0. The van der Waals surface area contributed by atoms with Crippen molar-refractivity contribution in [3.63, 3.8) is 0 Å². The minimum absolute atomic E-state index is 0.269. The highest BCUT2D eigenvalue weighted by molar-refractivity contribution is 6.31. The first kappa shape index (κ1) is 9.87. The molecule has 0 atom stereocenters. The summed E-state index contributed by atoms with van der Waals surface area (Å²) >= 11 is 5.84. The Morgan fingerprint density at radius 2 is 2.24 bits per heavy atom. The first-order valence-electron chi connectivity index (χ1n) is 4.80. The summed E-state index contributed by atoms with van der Waals surface area (Å²) in [7, 11) is 0. The van der Waals surface area contributed by atoms with Crippen LogP contribution in [0.3, 0.4) is 0 Å². The van der Waals surface area contributed by atoms with Gasteiger partial charge in [-0.25, -0.2) is 4.98 Å². The molecule has 0 radical (unpaired) electrons. The Morgan fingerprint density at radius 3 is 3.00 bits per heavy atom. The van der Waals surface area contributed by atoms with Crippen LogP contribution in [0.4, 0.5) is 0 Å². The molecule has 0 fully saturated rings. The van der Waals surface area contributed by atoms with Gasteiger partial charge in [0.25, 0.3) is 5.56 Å². The quantitative estimate of drug-likeness (QED) is 0.654. The Morgan fingerprint density at radius 1 is 1.41 bits per heavy atom. The lowest BCUT2D eigenvalue weighted by atomic mass is 10.2. The van der Waals surface area contributed by atoms with E-state index in [1.807, 2.05) is 6.07 Å². The van der Waals surface area contributed by atoms with Crippen LogP contribution in [0.2, 0.25) is 5.02 Å². The molecule has 5 nitrogen and oxygen atoms in total. The summed E-state index contributed by atoms with van der Waals surface area (Å²) < 4.78 is 1.23. The van der Waals surface area contributed by atoms with Crippen molar-refractivity contribution < 1.29 is 0 Å². The molecular formula is C11H5ClN4O. The zero-order valence-corrected chi connectivity index (χ0v) is 9.19. The Kier molecular flexibility index (Phi) is 1.94. The largest absolute Gasteiger partial charge is 0.280 e. The van der Waals surface area contributed by atoms with Gasteiger partial charge in [-0.1, -0.05) is 11.6 Å². The van der Waals surface area contributed by atoms with Crippen LogP contribution in [0.1, 0.15) is 5.69 Å². The zero-order chi connectivity index (χ0) is 12.0. The fourth-order valence-electron chi connectivity index (χ4n) is 1.72. The third-order valence-corrected chi connectivity index (χ3v) is 2.72. The number of nitrogens with zero attached hydrogens (tertiary/aromatic N) is 3. The third kappa shape index (κ3) is 1.39. The number of aromatic amines is 1. The standard InChI is InChI=1S/C11H5ClN4O/c12-6-1-2-9-8(3-6)11(17)16-10(14-9)4-7(5-13)15-16/h1-4,15H. The highest BCUT2D eigenvalue weighted by Crippen LogP contribution is 2.15. The molecule has 82 valence electrons. The van der Waals surface area contributed by atoms with Gasteiger partial charge in [-0.3, -0.25) is 9.89 Å². The molecule has 0 aliphatic rings. The van der Waals surface area contributed by atoms with Crippen LogP contribution in [-0.4, -0.2) is 14.6 Å². The zero-order valence-electron chi connectivity index (χ0n) is 8.44. The summed E-state index contributed by atoms with van der Waals surface area (Å²) in [6, 6.07) is 8.36. The Hall–Kier alpha value is -2.32. The second-order valence-corrected chi connectivity index (χ2v) is 3.99. The van der Waals surface area contributed by atoms with Gasteiger partial charge in [0.2, 0.25) is 0 Å². The summed E-state index contributed by atoms with van der Waals surface area (Å²) in [6.07, 6.45) is 0. The number of benzene rings is 1. The van der Waals surface area contributed by atoms with Gasteiger partial charge in [0.1, 0.15) is 11.8 Å². The van der Waals surface area contributed by atoms with Crippen LogP contribution in [-0.2, 0) is 0 Å².